The summed E-state index contributed by atoms with van der Waals surface area (Å²) in [6.07, 6.45) is 1.76. The first-order valence-corrected chi connectivity index (χ1v) is 7.50. The summed E-state index contributed by atoms with van der Waals surface area (Å²) in [6, 6.07) is 6.44. The normalized spacial score (nSPS) is 28.4. The van der Waals surface area contributed by atoms with Gasteiger partial charge in [-0.25, -0.2) is 8.42 Å². The number of anilines is 1. The Kier molecular flexibility index (Phi) is 2.80. The highest BCUT2D eigenvalue weighted by Crippen LogP contribution is 2.34. The molecule has 0 saturated carbocycles. The largest absolute Gasteiger partial charge is 0.399 e. The average molecular weight is 268 g/mol. The van der Waals surface area contributed by atoms with Crippen molar-refractivity contribution in [2.75, 3.05) is 18.9 Å². The van der Waals surface area contributed by atoms with Crippen molar-refractivity contribution in [1.82, 2.24) is 4.31 Å². The van der Waals surface area contributed by atoms with E-state index < -0.39 is 10.0 Å². The number of hydrogen-bond donors (Lipinski definition) is 1. The lowest BCUT2D eigenvalue weighted by molar-refractivity contribution is 0.0269. The third-order valence-electron chi connectivity index (χ3n) is 3.61. The summed E-state index contributed by atoms with van der Waals surface area (Å²) < 4.78 is 32.3. The lowest BCUT2D eigenvalue weighted by Crippen LogP contribution is -2.48. The molecular weight excluding hydrogens is 252 g/mol. The molecular formula is C12H16N2O3S. The van der Waals surface area contributed by atoms with E-state index in [0.29, 0.717) is 18.9 Å². The Morgan fingerprint density at radius 1 is 1.22 bits per heavy atom. The van der Waals surface area contributed by atoms with Crippen LogP contribution in [0.15, 0.2) is 29.2 Å². The summed E-state index contributed by atoms with van der Waals surface area (Å²) in [4.78, 5) is 0.279. The summed E-state index contributed by atoms with van der Waals surface area (Å²) in [5.74, 6) is 0. The predicted octanol–water partition coefficient (Wildman–Crippen LogP) is 0.821. The monoisotopic (exact) mass is 268 g/mol. The number of benzene rings is 1. The first-order chi connectivity index (χ1) is 8.59. The van der Waals surface area contributed by atoms with Crippen LogP contribution in [0.3, 0.4) is 0 Å². The third-order valence-corrected chi connectivity index (χ3v) is 5.61. The molecule has 2 aliphatic rings. The number of fused-ring (bicyclic) bond motifs is 2. The van der Waals surface area contributed by atoms with Crippen LogP contribution in [-0.2, 0) is 14.8 Å². The van der Waals surface area contributed by atoms with Crippen LogP contribution in [0, 0.1) is 0 Å². The van der Waals surface area contributed by atoms with E-state index in [1.807, 2.05) is 0 Å². The van der Waals surface area contributed by atoms with Crippen molar-refractivity contribution in [2.45, 2.75) is 29.8 Å². The quantitative estimate of drug-likeness (QED) is 0.806. The summed E-state index contributed by atoms with van der Waals surface area (Å²) >= 11 is 0. The smallest absolute Gasteiger partial charge is 0.243 e. The molecule has 6 heteroatoms. The topological polar surface area (TPSA) is 72.6 Å². The maximum atomic E-state index is 12.6. The van der Waals surface area contributed by atoms with Gasteiger partial charge in [0.2, 0.25) is 10.0 Å². The SMILES string of the molecule is Nc1cccc(S(=O)(=O)N2C3CCC2COC3)c1. The van der Waals surface area contributed by atoms with Gasteiger partial charge in [0.05, 0.1) is 18.1 Å². The minimum atomic E-state index is -3.45. The summed E-state index contributed by atoms with van der Waals surface area (Å²) in [7, 11) is -3.45. The number of ether oxygens (including phenoxy) is 1. The fourth-order valence-electron chi connectivity index (χ4n) is 2.78. The molecule has 2 atom stereocenters. The Morgan fingerprint density at radius 3 is 2.50 bits per heavy atom. The van der Waals surface area contributed by atoms with Gasteiger partial charge in [-0.1, -0.05) is 6.07 Å². The van der Waals surface area contributed by atoms with Gasteiger partial charge in [-0.15, -0.1) is 0 Å². The van der Waals surface area contributed by atoms with E-state index in [4.69, 9.17) is 10.5 Å². The van der Waals surface area contributed by atoms with Crippen molar-refractivity contribution in [3.8, 4) is 0 Å². The number of nitrogen functional groups attached to an aromatic ring is 1. The van der Waals surface area contributed by atoms with Gasteiger partial charge in [0.25, 0.3) is 0 Å². The third kappa shape index (κ3) is 1.81. The molecule has 0 spiro atoms. The first kappa shape index (κ1) is 12.0. The molecule has 1 aromatic carbocycles. The van der Waals surface area contributed by atoms with Gasteiger partial charge in [0.15, 0.2) is 0 Å². The zero-order valence-corrected chi connectivity index (χ0v) is 10.8. The Bertz CT molecular complexity index is 542. The van der Waals surface area contributed by atoms with E-state index in [0.717, 1.165) is 12.8 Å². The second-order valence-corrected chi connectivity index (χ2v) is 6.67. The van der Waals surface area contributed by atoms with Crippen molar-refractivity contribution in [2.24, 2.45) is 0 Å². The maximum Gasteiger partial charge on any atom is 0.243 e. The first-order valence-electron chi connectivity index (χ1n) is 6.06. The van der Waals surface area contributed by atoms with Crippen LogP contribution in [0.1, 0.15) is 12.8 Å². The molecule has 98 valence electrons. The molecule has 2 aliphatic heterocycles. The molecule has 2 fully saturated rings. The van der Waals surface area contributed by atoms with Gasteiger partial charge in [-0.2, -0.15) is 4.31 Å². The molecule has 2 bridgehead atoms. The van der Waals surface area contributed by atoms with Crippen LogP contribution in [0.25, 0.3) is 0 Å². The van der Waals surface area contributed by atoms with Crippen LogP contribution in [-0.4, -0.2) is 38.0 Å². The molecule has 0 radical (unpaired) electrons. The highest BCUT2D eigenvalue weighted by molar-refractivity contribution is 7.89. The van der Waals surface area contributed by atoms with E-state index in [9.17, 15) is 8.42 Å². The number of morpholine rings is 1. The van der Waals surface area contributed by atoms with Gasteiger partial charge >= 0.3 is 0 Å². The van der Waals surface area contributed by atoms with Crippen LogP contribution >= 0.6 is 0 Å². The number of nitrogens with two attached hydrogens (primary N) is 1. The Morgan fingerprint density at radius 2 is 1.89 bits per heavy atom. The van der Waals surface area contributed by atoms with Gasteiger partial charge in [0, 0.05) is 17.8 Å². The molecule has 0 aromatic heterocycles. The summed E-state index contributed by atoms with van der Waals surface area (Å²) in [6.45, 7) is 0.996. The highest BCUT2D eigenvalue weighted by Gasteiger charge is 2.44. The van der Waals surface area contributed by atoms with E-state index in [2.05, 4.69) is 0 Å². The second-order valence-electron chi connectivity index (χ2n) is 4.83. The predicted molar refractivity (Wildman–Crippen MR) is 67.5 cm³/mol. The van der Waals surface area contributed by atoms with Crippen molar-refractivity contribution in [3.63, 3.8) is 0 Å². The number of nitrogens with zero attached hydrogens (tertiary/aromatic N) is 1. The van der Waals surface area contributed by atoms with Crippen LogP contribution < -0.4 is 5.73 Å². The molecule has 2 N–H and O–H groups in total. The molecule has 1 aromatic rings. The Hall–Kier alpha value is -1.11. The lowest BCUT2D eigenvalue weighted by Gasteiger charge is -2.33. The van der Waals surface area contributed by atoms with Gasteiger partial charge in [0.1, 0.15) is 0 Å². The summed E-state index contributed by atoms with van der Waals surface area (Å²) in [5, 5.41) is 0. The van der Waals surface area contributed by atoms with Gasteiger partial charge < -0.3 is 10.5 Å². The molecule has 2 saturated heterocycles. The molecule has 5 nitrogen and oxygen atoms in total. The van der Waals surface area contributed by atoms with Crippen molar-refractivity contribution < 1.29 is 13.2 Å². The molecule has 18 heavy (non-hydrogen) atoms. The molecule has 2 heterocycles. The molecule has 0 aliphatic carbocycles. The fraction of sp³-hybridized carbons (Fsp3) is 0.500. The number of sulfonamides is 1. The average Bonchev–Trinajstić information content (AvgIpc) is 2.61. The Balaban J connectivity index is 2.00. The van der Waals surface area contributed by atoms with Crippen molar-refractivity contribution in [1.29, 1.82) is 0 Å². The second kappa shape index (κ2) is 4.22. The van der Waals surface area contributed by atoms with Crippen LogP contribution in [0.5, 0.6) is 0 Å². The van der Waals surface area contributed by atoms with E-state index in [-0.39, 0.29) is 17.0 Å². The zero-order chi connectivity index (χ0) is 12.8. The zero-order valence-electron chi connectivity index (χ0n) is 9.95. The molecule has 3 rings (SSSR count). The minimum absolute atomic E-state index is 0.0184. The van der Waals surface area contributed by atoms with Crippen molar-refractivity contribution >= 4 is 15.7 Å². The Labute approximate surface area is 107 Å². The maximum absolute atomic E-state index is 12.6. The van der Waals surface area contributed by atoms with E-state index in [1.165, 1.54) is 6.07 Å². The lowest BCUT2D eigenvalue weighted by atomic mass is 10.2. The summed E-state index contributed by atoms with van der Waals surface area (Å²) in [5.41, 5.74) is 6.13. The van der Waals surface area contributed by atoms with Crippen LogP contribution in [0.4, 0.5) is 5.69 Å². The van der Waals surface area contributed by atoms with E-state index in [1.54, 1.807) is 22.5 Å². The van der Waals surface area contributed by atoms with Crippen LogP contribution in [0.2, 0.25) is 0 Å². The molecule has 2 unspecified atom stereocenters. The number of rotatable bonds is 2. The van der Waals surface area contributed by atoms with Crippen molar-refractivity contribution in [3.05, 3.63) is 24.3 Å². The van der Waals surface area contributed by atoms with Gasteiger partial charge in [-0.3, -0.25) is 0 Å². The molecule has 0 amide bonds. The van der Waals surface area contributed by atoms with Gasteiger partial charge in [-0.05, 0) is 31.0 Å². The standard InChI is InChI=1S/C12H16N2O3S/c13-9-2-1-3-12(6-9)18(15,16)14-10-4-5-11(14)8-17-7-10/h1-3,6,10-11H,4-5,7-8,13H2. The minimum Gasteiger partial charge on any atom is -0.399 e. The number of hydrogen-bond acceptors (Lipinski definition) is 4. The fourth-order valence-corrected chi connectivity index (χ4v) is 4.68. The van der Waals surface area contributed by atoms with E-state index >= 15 is 0 Å². The highest BCUT2D eigenvalue weighted by atomic mass is 32.2.